The van der Waals surface area contributed by atoms with E-state index in [-0.39, 0.29) is 40.9 Å². The number of nitrogens with one attached hydrogen (secondary N) is 2. The molecule has 8 nitrogen and oxygen atoms in total. The highest BCUT2D eigenvalue weighted by Gasteiger charge is 2.54. The molecule has 1 heterocycles. The monoisotopic (exact) mass is 476 g/mol. The van der Waals surface area contributed by atoms with Crippen LogP contribution in [-0.4, -0.2) is 67.1 Å². The van der Waals surface area contributed by atoms with Gasteiger partial charge in [0.05, 0.1) is 38.4 Å². The van der Waals surface area contributed by atoms with Crippen LogP contribution in [0, 0.1) is 34.5 Å². The highest BCUT2D eigenvalue weighted by Crippen LogP contribution is 2.57. The predicted molar refractivity (Wildman–Crippen MR) is 128 cm³/mol. The van der Waals surface area contributed by atoms with Crippen molar-refractivity contribution in [3.8, 4) is 6.07 Å². The maximum Gasteiger partial charge on any atom is 0.281 e. The van der Waals surface area contributed by atoms with Crippen molar-refractivity contribution in [3.05, 3.63) is 10.6 Å². The maximum absolute atomic E-state index is 12.9. The van der Waals surface area contributed by atoms with E-state index in [1.807, 2.05) is 21.0 Å². The van der Waals surface area contributed by atoms with Gasteiger partial charge in [0.2, 0.25) is 5.91 Å². The minimum atomic E-state index is -0.604. The molecule has 3 N–H and O–H groups in total. The van der Waals surface area contributed by atoms with E-state index in [9.17, 15) is 14.7 Å². The molecular formula is C24H38N5O3S+. The third-order valence-corrected chi connectivity index (χ3v) is 8.64. The quantitative estimate of drug-likeness (QED) is 0.549. The molecule has 6 atom stereocenters. The molecule has 0 bridgehead atoms. The van der Waals surface area contributed by atoms with Gasteiger partial charge in [-0.05, 0) is 36.5 Å². The second-order valence-electron chi connectivity index (χ2n) is 10.6. The zero-order chi connectivity index (χ0) is 24.5. The molecule has 0 saturated heterocycles. The molecule has 9 heteroatoms. The van der Waals surface area contributed by atoms with Crippen LogP contribution in [0.25, 0.3) is 0 Å². The summed E-state index contributed by atoms with van der Waals surface area (Å²) in [5.74, 6) is -0.448. The van der Waals surface area contributed by atoms with Crippen LogP contribution in [-0.2, 0) is 16.0 Å². The molecule has 1 aromatic rings. The Morgan fingerprint density at radius 1 is 1.45 bits per heavy atom. The number of hydrogen-bond acceptors (Lipinski definition) is 6. The summed E-state index contributed by atoms with van der Waals surface area (Å²) in [4.78, 5) is 33.8. The smallest absolute Gasteiger partial charge is 0.281 e. The lowest BCUT2D eigenvalue weighted by Crippen LogP contribution is -3.06. The fraction of sp³-hybridized carbons (Fsp3) is 0.750. The van der Waals surface area contributed by atoms with Gasteiger partial charge >= 0.3 is 0 Å². The molecule has 2 aliphatic carbocycles. The number of nitriles is 1. The number of nitrogens with zero attached hydrogens (tertiary/aromatic N) is 3. The van der Waals surface area contributed by atoms with Crippen LogP contribution in [0.1, 0.15) is 56.5 Å². The molecule has 1 aromatic heterocycles. The lowest BCUT2D eigenvalue weighted by molar-refractivity contribution is -0.849. The Labute approximate surface area is 201 Å². The molecule has 2 amide bonds. The number of thiazole rings is 1. The number of carbonyl (C=O) groups excluding carboxylic acids is 2. The molecule has 182 valence electrons. The topological polar surface area (TPSA) is 111 Å². The maximum atomic E-state index is 12.9. The molecule has 0 radical (unpaired) electrons. The number of hydrogen-bond donors (Lipinski definition) is 3. The van der Waals surface area contributed by atoms with E-state index >= 15 is 0 Å². The Morgan fingerprint density at radius 2 is 2.15 bits per heavy atom. The first-order valence-electron chi connectivity index (χ1n) is 11.9. The number of rotatable bonds is 7. The Balaban J connectivity index is 1.78. The van der Waals surface area contributed by atoms with Crippen LogP contribution < -0.4 is 10.2 Å². The van der Waals surface area contributed by atoms with Crippen molar-refractivity contribution in [2.75, 3.05) is 39.5 Å². The minimum Gasteiger partial charge on any atom is -0.392 e. The number of aliphatic hydroxyl groups is 1. The van der Waals surface area contributed by atoms with E-state index < -0.39 is 6.10 Å². The Morgan fingerprint density at radius 3 is 2.79 bits per heavy atom. The molecule has 1 saturated carbocycles. The molecule has 1 fully saturated rings. The molecule has 0 unspecified atom stereocenters. The number of likely N-dealkylation sites (N-methyl/N-ethyl adjacent to an activating group) is 1. The molecule has 0 spiro atoms. The Hall–Kier alpha value is -2.02. The number of anilines is 1. The van der Waals surface area contributed by atoms with E-state index in [0.717, 1.165) is 29.9 Å². The van der Waals surface area contributed by atoms with Crippen molar-refractivity contribution in [2.24, 2.45) is 23.2 Å². The standard InChI is InChI=1S/C24H37N5O3S/c1-14(22(32)29(6)11-7-10-25)16-8-9-24(3)12-17-20(15(2)19(24)21(16)31)27-23(33-17)26-18(30)13-28(4)5/h14-16,19,21,31H,7-9,11-13H2,1-6H3,(H,26,27,30)/p+1/t14-,15-,16-,19+,21-,24-/m0/s1. The third kappa shape index (κ3) is 5.23. The van der Waals surface area contributed by atoms with Crippen molar-refractivity contribution < 1.29 is 19.6 Å². The van der Waals surface area contributed by atoms with Gasteiger partial charge in [0, 0.05) is 30.3 Å². The van der Waals surface area contributed by atoms with Crippen LogP contribution in [0.2, 0.25) is 0 Å². The summed E-state index contributed by atoms with van der Waals surface area (Å²) in [6.45, 7) is 7.06. The van der Waals surface area contributed by atoms with Crippen molar-refractivity contribution in [2.45, 2.75) is 58.5 Å². The fourth-order valence-electron chi connectivity index (χ4n) is 5.94. The molecule has 33 heavy (non-hydrogen) atoms. The average molecular weight is 477 g/mol. The molecule has 2 aliphatic rings. The Bertz CT molecular complexity index is 926. The molecule has 3 rings (SSSR count). The molecule has 0 aromatic carbocycles. The highest BCUT2D eigenvalue weighted by atomic mass is 32.1. The van der Waals surface area contributed by atoms with Gasteiger partial charge in [-0.2, -0.15) is 5.26 Å². The van der Waals surface area contributed by atoms with Gasteiger partial charge in [-0.3, -0.25) is 14.9 Å². The summed E-state index contributed by atoms with van der Waals surface area (Å²) in [5, 5.41) is 23.9. The fourth-order valence-corrected chi connectivity index (χ4v) is 7.22. The first kappa shape index (κ1) is 25.6. The van der Waals surface area contributed by atoms with Gasteiger partial charge in [-0.25, -0.2) is 4.98 Å². The predicted octanol–water partition coefficient (Wildman–Crippen LogP) is 1.29. The van der Waals surface area contributed by atoms with Gasteiger partial charge in [-0.1, -0.05) is 20.8 Å². The number of aromatic nitrogens is 1. The van der Waals surface area contributed by atoms with E-state index in [0.29, 0.717) is 24.6 Å². The summed E-state index contributed by atoms with van der Waals surface area (Å²) in [5.41, 5.74) is 0.902. The van der Waals surface area contributed by atoms with Gasteiger partial charge in [-0.15, -0.1) is 11.3 Å². The molecule has 0 aliphatic heterocycles. The zero-order valence-electron chi connectivity index (χ0n) is 20.6. The Kier molecular flexibility index (Phi) is 7.82. The highest BCUT2D eigenvalue weighted by molar-refractivity contribution is 7.15. The summed E-state index contributed by atoms with van der Waals surface area (Å²) in [6.07, 6.45) is 2.27. The van der Waals surface area contributed by atoms with Crippen LogP contribution in [0.15, 0.2) is 0 Å². The number of amides is 2. The van der Waals surface area contributed by atoms with Crippen molar-refractivity contribution in [1.29, 1.82) is 5.26 Å². The number of fused-ring (bicyclic) bond motifs is 2. The lowest BCUT2D eigenvalue weighted by atomic mass is 9.53. The van der Waals surface area contributed by atoms with Crippen LogP contribution >= 0.6 is 11.3 Å². The second kappa shape index (κ2) is 10.1. The summed E-state index contributed by atoms with van der Waals surface area (Å²) in [7, 11) is 5.60. The number of quaternary nitrogens is 1. The van der Waals surface area contributed by atoms with Crippen molar-refractivity contribution >= 4 is 28.3 Å². The van der Waals surface area contributed by atoms with E-state index in [1.54, 1.807) is 23.3 Å². The van der Waals surface area contributed by atoms with Crippen LogP contribution in [0.5, 0.6) is 0 Å². The van der Waals surface area contributed by atoms with Gasteiger partial charge in [0.25, 0.3) is 5.91 Å². The van der Waals surface area contributed by atoms with Crippen molar-refractivity contribution in [3.63, 3.8) is 0 Å². The lowest BCUT2D eigenvalue weighted by Gasteiger charge is -2.53. The summed E-state index contributed by atoms with van der Waals surface area (Å²) in [6, 6.07) is 2.08. The normalized spacial score (nSPS) is 29.5. The van der Waals surface area contributed by atoms with E-state index in [1.165, 1.54) is 4.88 Å². The first-order chi connectivity index (χ1) is 15.5. The number of aliphatic hydroxyl groups excluding tert-OH is 1. The average Bonchev–Trinajstić information content (AvgIpc) is 3.12. The summed E-state index contributed by atoms with van der Waals surface area (Å²) < 4.78 is 0. The SMILES string of the molecule is C[C@H](C(=O)N(C)CCC#N)[C@@H]1CC[C@@]2(C)Cc3sc(NC(=O)C[NH+](C)C)nc3[C@@H](C)[C@@H]2[C@H]1O. The van der Waals surface area contributed by atoms with Crippen molar-refractivity contribution in [1.82, 2.24) is 9.88 Å². The molecular weight excluding hydrogens is 438 g/mol. The van der Waals surface area contributed by atoms with Gasteiger partial charge in [0.1, 0.15) is 0 Å². The minimum absolute atomic E-state index is 0.000265. The largest absolute Gasteiger partial charge is 0.392 e. The zero-order valence-corrected chi connectivity index (χ0v) is 21.5. The first-order valence-corrected chi connectivity index (χ1v) is 12.7. The van der Waals surface area contributed by atoms with Gasteiger partial charge < -0.3 is 14.9 Å². The van der Waals surface area contributed by atoms with Crippen LogP contribution in [0.4, 0.5) is 5.13 Å². The van der Waals surface area contributed by atoms with E-state index in [2.05, 4.69) is 25.2 Å². The van der Waals surface area contributed by atoms with E-state index in [4.69, 9.17) is 10.2 Å². The third-order valence-electron chi connectivity index (χ3n) is 7.65. The van der Waals surface area contributed by atoms with Crippen LogP contribution in [0.3, 0.4) is 0 Å². The van der Waals surface area contributed by atoms with Gasteiger partial charge in [0.15, 0.2) is 11.7 Å². The number of carbonyl (C=O) groups is 2. The second-order valence-corrected chi connectivity index (χ2v) is 11.6. The summed E-state index contributed by atoms with van der Waals surface area (Å²) >= 11 is 1.55.